The first-order valence-electron chi connectivity index (χ1n) is 13.8. The van der Waals surface area contributed by atoms with Crippen molar-refractivity contribution in [2.75, 3.05) is 25.0 Å². The molecule has 2 N–H and O–H groups in total. The number of likely N-dealkylation sites (tertiary alicyclic amines) is 1. The molecule has 3 aliphatic rings. The van der Waals surface area contributed by atoms with Crippen LogP contribution < -0.4 is 15.5 Å². The van der Waals surface area contributed by atoms with E-state index in [-0.39, 0.29) is 35.6 Å². The van der Waals surface area contributed by atoms with Gasteiger partial charge in [-0.05, 0) is 93.5 Å². The summed E-state index contributed by atoms with van der Waals surface area (Å²) in [6.07, 6.45) is 9.73. The number of fused-ring (bicyclic) bond motifs is 1. The average Bonchev–Trinajstić information content (AvgIpc) is 3.58. The molecule has 8 heteroatoms. The monoisotopic (exact) mass is 507 g/mol. The van der Waals surface area contributed by atoms with E-state index in [1.54, 1.807) is 13.1 Å². The summed E-state index contributed by atoms with van der Waals surface area (Å²) in [5.41, 5.74) is 3.04. The van der Waals surface area contributed by atoms with Gasteiger partial charge in [0, 0.05) is 25.0 Å². The Morgan fingerprint density at radius 1 is 1.05 bits per heavy atom. The first-order valence-corrected chi connectivity index (χ1v) is 13.8. The number of carbonyl (C=O) groups excluding carboxylic acids is 2. The van der Waals surface area contributed by atoms with Crippen LogP contribution in [0.25, 0.3) is 0 Å². The van der Waals surface area contributed by atoms with Gasteiger partial charge in [0.1, 0.15) is 17.7 Å². The van der Waals surface area contributed by atoms with Crippen LogP contribution in [0, 0.1) is 11.7 Å². The van der Waals surface area contributed by atoms with Gasteiger partial charge in [-0.2, -0.15) is 0 Å². The number of hydrogen-bond acceptors (Lipinski definition) is 5. The predicted octanol–water partition coefficient (Wildman–Crippen LogP) is 4.25. The van der Waals surface area contributed by atoms with Crippen molar-refractivity contribution in [3.8, 4) is 0 Å². The first kappa shape index (κ1) is 25.6. The number of halogens is 1. The number of nitrogens with one attached hydrogen (secondary N) is 2. The summed E-state index contributed by atoms with van der Waals surface area (Å²) in [4.78, 5) is 35.6. The van der Waals surface area contributed by atoms with Gasteiger partial charge in [-0.15, -0.1) is 0 Å². The van der Waals surface area contributed by atoms with E-state index in [2.05, 4.69) is 26.6 Å². The molecule has 5 rings (SSSR count). The van der Waals surface area contributed by atoms with E-state index >= 15 is 0 Å². The Kier molecular flexibility index (Phi) is 7.74. The van der Waals surface area contributed by atoms with Gasteiger partial charge in [0.25, 0.3) is 0 Å². The second kappa shape index (κ2) is 11.2. The molecular formula is C29H38FN5O2. The molecule has 1 aromatic heterocycles. The summed E-state index contributed by atoms with van der Waals surface area (Å²) >= 11 is 0. The Labute approximate surface area is 218 Å². The highest BCUT2D eigenvalue weighted by Crippen LogP contribution is 2.38. The number of carbonyl (C=O) groups is 2. The van der Waals surface area contributed by atoms with Gasteiger partial charge in [-0.3, -0.25) is 9.59 Å². The zero-order valence-electron chi connectivity index (χ0n) is 21.9. The second-order valence-electron chi connectivity index (χ2n) is 10.7. The minimum atomic E-state index is -0.495. The molecule has 198 valence electrons. The van der Waals surface area contributed by atoms with Crippen molar-refractivity contribution < 1.29 is 14.0 Å². The number of hydrogen-bond donors (Lipinski definition) is 2. The van der Waals surface area contributed by atoms with E-state index in [4.69, 9.17) is 0 Å². The fourth-order valence-corrected chi connectivity index (χ4v) is 6.21. The summed E-state index contributed by atoms with van der Waals surface area (Å²) in [5.74, 6) is 0.683. The van der Waals surface area contributed by atoms with Gasteiger partial charge in [0.15, 0.2) is 0 Å². The van der Waals surface area contributed by atoms with E-state index < -0.39 is 6.04 Å². The summed E-state index contributed by atoms with van der Waals surface area (Å²) in [5, 5.41) is 6.10. The zero-order valence-corrected chi connectivity index (χ0v) is 21.9. The number of aromatic nitrogens is 1. The Balaban J connectivity index is 1.38. The maximum atomic E-state index is 14.0. The summed E-state index contributed by atoms with van der Waals surface area (Å²) in [6.45, 7) is 3.26. The molecular weight excluding hydrogens is 469 g/mol. The smallest absolute Gasteiger partial charge is 0.245 e. The third-order valence-corrected chi connectivity index (χ3v) is 8.42. The van der Waals surface area contributed by atoms with Crippen LogP contribution in [0.3, 0.4) is 0 Å². The van der Waals surface area contributed by atoms with Gasteiger partial charge >= 0.3 is 0 Å². The zero-order chi connectivity index (χ0) is 25.9. The molecule has 1 aromatic carbocycles. The maximum absolute atomic E-state index is 14.0. The van der Waals surface area contributed by atoms with Crippen molar-refractivity contribution in [2.24, 2.45) is 5.92 Å². The number of amides is 2. The number of likely N-dealkylation sites (N-methyl/N-ethyl adjacent to an activating group) is 1. The molecule has 2 fully saturated rings. The molecule has 1 saturated carbocycles. The van der Waals surface area contributed by atoms with Crippen LogP contribution in [-0.4, -0.2) is 53.9 Å². The van der Waals surface area contributed by atoms with E-state index in [1.165, 1.54) is 12.5 Å². The van der Waals surface area contributed by atoms with Crippen LogP contribution in [0.2, 0.25) is 0 Å². The van der Waals surface area contributed by atoms with E-state index in [0.717, 1.165) is 74.1 Å². The van der Waals surface area contributed by atoms with E-state index in [0.29, 0.717) is 6.54 Å². The average molecular weight is 508 g/mol. The molecule has 2 amide bonds. The molecule has 2 aliphatic heterocycles. The SMILES string of the molecule is CN[C@@H](C)C(=O)N[C@H](C(=O)N1CCC[C@H]1c1ccnc(N2CCc3cc(F)ccc32)c1)C1CCCCC1. The van der Waals surface area contributed by atoms with Crippen LogP contribution >= 0.6 is 0 Å². The molecule has 0 radical (unpaired) electrons. The molecule has 3 heterocycles. The first-order chi connectivity index (χ1) is 18.0. The van der Waals surface area contributed by atoms with Crippen molar-refractivity contribution in [3.63, 3.8) is 0 Å². The van der Waals surface area contributed by atoms with Crippen molar-refractivity contribution in [3.05, 3.63) is 53.5 Å². The van der Waals surface area contributed by atoms with Crippen molar-refractivity contribution in [1.29, 1.82) is 0 Å². The van der Waals surface area contributed by atoms with Gasteiger partial charge in [0.2, 0.25) is 11.8 Å². The third kappa shape index (κ3) is 5.35. The number of nitrogens with zero attached hydrogens (tertiary/aromatic N) is 3. The Hall–Kier alpha value is -3.00. The highest BCUT2D eigenvalue weighted by atomic mass is 19.1. The summed E-state index contributed by atoms with van der Waals surface area (Å²) < 4.78 is 13.7. The van der Waals surface area contributed by atoms with Gasteiger partial charge in [0.05, 0.1) is 12.1 Å². The molecule has 1 aliphatic carbocycles. The molecule has 37 heavy (non-hydrogen) atoms. The molecule has 1 saturated heterocycles. The number of benzene rings is 1. The Morgan fingerprint density at radius 2 is 1.86 bits per heavy atom. The minimum absolute atomic E-state index is 0.0337. The lowest BCUT2D eigenvalue weighted by Gasteiger charge is -2.35. The van der Waals surface area contributed by atoms with Crippen LogP contribution in [0.15, 0.2) is 36.5 Å². The van der Waals surface area contributed by atoms with Crippen LogP contribution in [-0.2, 0) is 16.0 Å². The third-order valence-electron chi connectivity index (χ3n) is 8.42. The van der Waals surface area contributed by atoms with Crippen molar-refractivity contribution in [2.45, 2.75) is 76.4 Å². The van der Waals surface area contributed by atoms with E-state index in [9.17, 15) is 14.0 Å². The van der Waals surface area contributed by atoms with Crippen molar-refractivity contribution >= 4 is 23.3 Å². The molecule has 2 aromatic rings. The Bertz CT molecular complexity index is 1140. The molecule has 7 nitrogen and oxygen atoms in total. The summed E-state index contributed by atoms with van der Waals surface area (Å²) in [6, 6.07) is 8.09. The molecule has 0 bridgehead atoms. The lowest BCUT2D eigenvalue weighted by atomic mass is 9.83. The topological polar surface area (TPSA) is 77.6 Å². The lowest BCUT2D eigenvalue weighted by Crippen LogP contribution is -2.55. The Morgan fingerprint density at radius 3 is 2.65 bits per heavy atom. The number of pyridine rings is 1. The van der Waals surface area contributed by atoms with E-state index in [1.807, 2.05) is 30.2 Å². The minimum Gasteiger partial charge on any atom is -0.343 e. The normalized spacial score (nSPS) is 21.5. The van der Waals surface area contributed by atoms with Gasteiger partial charge in [-0.25, -0.2) is 9.37 Å². The highest BCUT2D eigenvalue weighted by molar-refractivity contribution is 5.90. The molecule has 0 spiro atoms. The fraction of sp³-hybridized carbons (Fsp3) is 0.552. The molecule has 0 unspecified atom stereocenters. The molecule has 3 atom stereocenters. The maximum Gasteiger partial charge on any atom is 0.245 e. The van der Waals surface area contributed by atoms with Gasteiger partial charge in [-0.1, -0.05) is 19.3 Å². The van der Waals surface area contributed by atoms with Crippen molar-refractivity contribution in [1.82, 2.24) is 20.5 Å². The van der Waals surface area contributed by atoms with Crippen LogP contribution in [0.1, 0.15) is 69.0 Å². The highest BCUT2D eigenvalue weighted by Gasteiger charge is 2.39. The largest absolute Gasteiger partial charge is 0.343 e. The second-order valence-corrected chi connectivity index (χ2v) is 10.7. The standard InChI is InChI=1S/C29H38FN5O2/c1-19(31-2)28(36)33-27(20-7-4-3-5-8-20)29(37)35-15-6-9-24(35)21-12-14-32-26(18-21)34-16-13-22-17-23(30)10-11-25(22)34/h10-12,14,17-20,24,27,31H,3-9,13,15-16H2,1-2H3,(H,33,36)/t19-,24-,27-/m0/s1. The number of rotatable bonds is 7. The predicted molar refractivity (Wildman–Crippen MR) is 142 cm³/mol. The quantitative estimate of drug-likeness (QED) is 0.586. The lowest BCUT2D eigenvalue weighted by molar-refractivity contribution is -0.139. The van der Waals surface area contributed by atoms with Crippen LogP contribution in [0.4, 0.5) is 15.9 Å². The van der Waals surface area contributed by atoms with Crippen LogP contribution in [0.5, 0.6) is 0 Å². The van der Waals surface area contributed by atoms with Gasteiger partial charge < -0.3 is 20.4 Å². The number of anilines is 2. The summed E-state index contributed by atoms with van der Waals surface area (Å²) in [7, 11) is 1.76. The fourth-order valence-electron chi connectivity index (χ4n) is 6.21.